The van der Waals surface area contributed by atoms with Crippen LogP contribution < -0.4 is 10.6 Å². The maximum atomic E-state index is 12.9. The normalized spacial score (nSPS) is 37.7. The van der Waals surface area contributed by atoms with Gasteiger partial charge in [0.05, 0.1) is 6.61 Å². The Kier molecular flexibility index (Phi) is 3.92. The van der Waals surface area contributed by atoms with E-state index in [4.69, 9.17) is 18.9 Å². The van der Waals surface area contributed by atoms with Gasteiger partial charge in [-0.2, -0.15) is 0 Å². The number of ether oxygens (including phenoxy) is 4. The molecule has 26 heavy (non-hydrogen) atoms. The largest absolute Gasteiger partial charge is 0.437 e. The maximum absolute atomic E-state index is 12.9. The number of para-hydroxylation sites is 1. The van der Waals surface area contributed by atoms with Crippen LogP contribution in [0.25, 0.3) is 0 Å². The molecule has 2 amide bonds. The molecule has 0 aromatic heterocycles. The molecule has 9 heteroatoms. The summed E-state index contributed by atoms with van der Waals surface area (Å²) in [6.07, 6.45) is -4.79. The zero-order valence-corrected chi connectivity index (χ0v) is 14.3. The van der Waals surface area contributed by atoms with Crippen molar-refractivity contribution >= 4 is 17.7 Å². The Morgan fingerprint density at radius 3 is 2.65 bits per heavy atom. The molecule has 1 aromatic rings. The molecular formula is C17H20N2O7. The van der Waals surface area contributed by atoms with Crippen molar-refractivity contribution < 1.29 is 33.6 Å². The van der Waals surface area contributed by atoms with Gasteiger partial charge in [-0.25, -0.2) is 4.79 Å². The summed E-state index contributed by atoms with van der Waals surface area (Å²) in [5.74, 6) is -1.46. The molecule has 3 heterocycles. The first kappa shape index (κ1) is 17.2. The number of fused-ring (bicyclic) bond motifs is 1. The van der Waals surface area contributed by atoms with Crippen molar-refractivity contribution in [1.29, 1.82) is 0 Å². The fourth-order valence-corrected chi connectivity index (χ4v) is 3.47. The summed E-state index contributed by atoms with van der Waals surface area (Å²) in [6.45, 7) is 3.67. The second kappa shape index (κ2) is 5.92. The summed E-state index contributed by atoms with van der Waals surface area (Å²) in [7, 11) is 0. The van der Waals surface area contributed by atoms with Gasteiger partial charge in [-0.3, -0.25) is 10.1 Å². The van der Waals surface area contributed by atoms with Crippen molar-refractivity contribution in [3.05, 3.63) is 30.3 Å². The number of amides is 2. The standard InChI is InChI=1S/C17H20N2O7/c1-16(2)23-8-10(25-16)12-11(20)13-17(26-12,19-15(22)24-13)14(21)18-9-6-4-3-5-7-9/h3-7,10-13,20H,8H2,1-2H3,(H,18,21)(H,19,22)/t10-,11+,12-,13-,17-/m1/s1. The molecular weight excluding hydrogens is 344 g/mol. The second-order valence-corrected chi connectivity index (χ2v) is 6.95. The number of hydrogen-bond donors (Lipinski definition) is 3. The zero-order valence-electron chi connectivity index (χ0n) is 14.3. The molecule has 3 aliphatic heterocycles. The van der Waals surface area contributed by atoms with Crippen molar-refractivity contribution in [3.8, 4) is 0 Å². The number of rotatable bonds is 3. The molecule has 0 aliphatic carbocycles. The van der Waals surface area contributed by atoms with Crippen LogP contribution in [0.2, 0.25) is 0 Å². The van der Waals surface area contributed by atoms with E-state index < -0.39 is 47.9 Å². The number of aliphatic hydroxyl groups is 1. The zero-order chi connectivity index (χ0) is 18.5. The minimum absolute atomic E-state index is 0.186. The van der Waals surface area contributed by atoms with Crippen molar-refractivity contribution in [1.82, 2.24) is 5.32 Å². The van der Waals surface area contributed by atoms with Crippen LogP contribution in [-0.4, -0.2) is 59.6 Å². The van der Waals surface area contributed by atoms with Gasteiger partial charge in [0.15, 0.2) is 11.9 Å². The molecule has 140 valence electrons. The number of aliphatic hydroxyl groups excluding tert-OH is 1. The van der Waals surface area contributed by atoms with Gasteiger partial charge >= 0.3 is 6.09 Å². The SMILES string of the molecule is CC1(C)OC[C@H]([C@H]2O[C@]3(C(=O)Nc4ccccc4)NC(=O)O[C@@H]3[C@H]2O)O1. The highest BCUT2D eigenvalue weighted by atomic mass is 16.8. The molecule has 3 saturated heterocycles. The average molecular weight is 364 g/mol. The highest BCUT2D eigenvalue weighted by molar-refractivity contribution is 6.01. The fraction of sp³-hybridized carbons (Fsp3) is 0.529. The Bertz CT molecular complexity index is 725. The monoisotopic (exact) mass is 364 g/mol. The van der Waals surface area contributed by atoms with Gasteiger partial charge in [-0.1, -0.05) is 18.2 Å². The lowest BCUT2D eigenvalue weighted by molar-refractivity contribution is -0.173. The highest BCUT2D eigenvalue weighted by Gasteiger charge is 2.68. The maximum Gasteiger partial charge on any atom is 0.410 e. The molecule has 0 unspecified atom stereocenters. The first-order valence-corrected chi connectivity index (χ1v) is 8.34. The third-order valence-corrected chi connectivity index (χ3v) is 4.66. The first-order chi connectivity index (χ1) is 12.3. The quantitative estimate of drug-likeness (QED) is 0.708. The lowest BCUT2D eigenvalue weighted by Crippen LogP contribution is -2.57. The summed E-state index contributed by atoms with van der Waals surface area (Å²) in [5, 5.41) is 15.7. The number of alkyl carbamates (subject to hydrolysis) is 1. The summed E-state index contributed by atoms with van der Waals surface area (Å²) >= 11 is 0. The molecule has 3 N–H and O–H groups in total. The third-order valence-electron chi connectivity index (χ3n) is 4.66. The van der Waals surface area contributed by atoms with E-state index in [0.717, 1.165) is 0 Å². The van der Waals surface area contributed by atoms with Crippen molar-refractivity contribution in [2.24, 2.45) is 0 Å². The predicted molar refractivity (Wildman–Crippen MR) is 87.0 cm³/mol. The molecule has 0 saturated carbocycles. The van der Waals surface area contributed by atoms with Crippen LogP contribution in [0.4, 0.5) is 10.5 Å². The van der Waals surface area contributed by atoms with E-state index in [1.807, 2.05) is 6.07 Å². The molecule has 9 nitrogen and oxygen atoms in total. The molecule has 4 rings (SSSR count). The van der Waals surface area contributed by atoms with Crippen LogP contribution >= 0.6 is 0 Å². The molecule has 0 bridgehead atoms. The van der Waals surface area contributed by atoms with Crippen LogP contribution in [-0.2, 0) is 23.7 Å². The molecule has 3 fully saturated rings. The van der Waals surface area contributed by atoms with Gasteiger partial charge < -0.3 is 29.4 Å². The van der Waals surface area contributed by atoms with E-state index in [1.165, 1.54) is 0 Å². The Morgan fingerprint density at radius 2 is 2.00 bits per heavy atom. The van der Waals surface area contributed by atoms with Gasteiger partial charge in [-0.05, 0) is 26.0 Å². The van der Waals surface area contributed by atoms with Crippen molar-refractivity contribution in [2.75, 3.05) is 11.9 Å². The minimum Gasteiger partial charge on any atom is -0.437 e. The Hall–Kier alpha value is -2.20. The van der Waals surface area contributed by atoms with Gasteiger partial charge in [0, 0.05) is 5.69 Å². The summed E-state index contributed by atoms with van der Waals surface area (Å²) in [4.78, 5) is 24.6. The van der Waals surface area contributed by atoms with Gasteiger partial charge in [0.2, 0.25) is 0 Å². The molecule has 3 aliphatic rings. The Labute approximate surface area is 149 Å². The molecule has 1 aromatic carbocycles. The van der Waals surface area contributed by atoms with Crippen LogP contribution in [0.5, 0.6) is 0 Å². The van der Waals surface area contributed by atoms with E-state index in [-0.39, 0.29) is 6.61 Å². The van der Waals surface area contributed by atoms with E-state index in [1.54, 1.807) is 38.1 Å². The number of carbonyl (C=O) groups is 2. The Morgan fingerprint density at radius 1 is 1.27 bits per heavy atom. The summed E-state index contributed by atoms with van der Waals surface area (Å²) in [6, 6.07) is 8.71. The fourth-order valence-electron chi connectivity index (χ4n) is 3.47. The van der Waals surface area contributed by atoms with Gasteiger partial charge in [0.1, 0.15) is 18.3 Å². The molecule has 0 radical (unpaired) electrons. The topological polar surface area (TPSA) is 115 Å². The molecule has 5 atom stereocenters. The van der Waals surface area contributed by atoms with E-state index in [0.29, 0.717) is 5.69 Å². The average Bonchev–Trinajstić information content (AvgIpc) is 3.20. The highest BCUT2D eigenvalue weighted by Crippen LogP contribution is 2.40. The van der Waals surface area contributed by atoms with Crippen molar-refractivity contribution in [2.45, 2.75) is 49.8 Å². The smallest absolute Gasteiger partial charge is 0.410 e. The lowest BCUT2D eigenvalue weighted by Gasteiger charge is -2.26. The number of carbonyl (C=O) groups excluding carboxylic acids is 2. The summed E-state index contributed by atoms with van der Waals surface area (Å²) < 4.78 is 22.2. The Balaban J connectivity index is 1.58. The van der Waals surface area contributed by atoms with Crippen LogP contribution in [0, 0.1) is 0 Å². The predicted octanol–water partition coefficient (Wildman–Crippen LogP) is 0.341. The number of hydrogen-bond acceptors (Lipinski definition) is 7. The minimum atomic E-state index is -1.84. The third kappa shape index (κ3) is 2.73. The van der Waals surface area contributed by atoms with Gasteiger partial charge in [-0.15, -0.1) is 0 Å². The van der Waals surface area contributed by atoms with E-state index in [2.05, 4.69) is 10.6 Å². The second-order valence-electron chi connectivity index (χ2n) is 6.95. The van der Waals surface area contributed by atoms with Crippen LogP contribution in [0.15, 0.2) is 30.3 Å². The van der Waals surface area contributed by atoms with E-state index in [9.17, 15) is 14.7 Å². The number of benzene rings is 1. The van der Waals surface area contributed by atoms with Crippen LogP contribution in [0.1, 0.15) is 13.8 Å². The van der Waals surface area contributed by atoms with Crippen molar-refractivity contribution in [3.63, 3.8) is 0 Å². The molecule has 0 spiro atoms. The van der Waals surface area contributed by atoms with Crippen LogP contribution in [0.3, 0.4) is 0 Å². The lowest BCUT2D eigenvalue weighted by atomic mass is 10.0. The first-order valence-electron chi connectivity index (χ1n) is 8.34. The summed E-state index contributed by atoms with van der Waals surface area (Å²) in [5.41, 5.74) is -1.32. The number of anilines is 1. The van der Waals surface area contributed by atoms with E-state index >= 15 is 0 Å². The van der Waals surface area contributed by atoms with Gasteiger partial charge in [0.25, 0.3) is 11.6 Å². The number of nitrogens with one attached hydrogen (secondary N) is 2.